The van der Waals surface area contributed by atoms with Gasteiger partial charge in [0.05, 0.1) is 37.2 Å². The van der Waals surface area contributed by atoms with E-state index in [0.29, 0.717) is 28.0 Å². The molecular formula is C51H57ClN8O10. The average Bonchev–Trinajstić information content (AvgIpc) is 4.01. The van der Waals surface area contributed by atoms with Gasteiger partial charge < -0.3 is 39.4 Å². The number of aromatic nitrogens is 2. The summed E-state index contributed by atoms with van der Waals surface area (Å²) in [5.41, 5.74) is 3.52. The molecular weight excluding hydrogens is 920 g/mol. The maximum atomic E-state index is 14.5. The maximum Gasteiger partial charge on any atom is 0.415 e. The van der Waals surface area contributed by atoms with Gasteiger partial charge in [-0.15, -0.1) is 11.6 Å². The number of alkyl halides is 1. The first-order valence-corrected chi connectivity index (χ1v) is 23.6. The number of aryl methyl sites for hydroxylation is 1. The molecule has 2 aliphatic heterocycles. The Balaban J connectivity index is 1.11. The fraction of sp³-hybridized carbons (Fsp3) is 0.373. The van der Waals surface area contributed by atoms with E-state index in [-0.39, 0.29) is 105 Å². The number of halogens is 1. The van der Waals surface area contributed by atoms with Crippen LogP contribution in [0.3, 0.4) is 0 Å². The molecule has 19 heteroatoms. The highest BCUT2D eigenvalue weighted by Crippen LogP contribution is 2.47. The van der Waals surface area contributed by atoms with E-state index in [1.165, 1.54) is 41.3 Å². The molecule has 4 heterocycles. The second kappa shape index (κ2) is 22.1. The van der Waals surface area contributed by atoms with Gasteiger partial charge in [-0.3, -0.25) is 38.6 Å². The minimum Gasteiger partial charge on any atom is -0.508 e. The summed E-state index contributed by atoms with van der Waals surface area (Å²) in [6, 6.07) is 16.1. The molecule has 3 aromatic carbocycles. The van der Waals surface area contributed by atoms with Crippen LogP contribution in [0, 0.1) is 18.8 Å². The minimum atomic E-state index is -0.776. The molecule has 70 heavy (non-hydrogen) atoms. The Morgan fingerprint density at radius 1 is 0.943 bits per heavy atom. The molecule has 6 amide bonds. The number of aromatic hydroxyl groups is 1. The number of hydrogen-bond donors (Lipinski definition) is 3. The Morgan fingerprint density at radius 2 is 1.67 bits per heavy atom. The average molecular weight is 978 g/mol. The van der Waals surface area contributed by atoms with Crippen LogP contribution < -0.4 is 20.3 Å². The number of phenolic OH excluding ortho intramolecular Hbond substituents is 1. The largest absolute Gasteiger partial charge is 0.508 e. The summed E-state index contributed by atoms with van der Waals surface area (Å²) in [4.78, 5) is 103. The molecule has 18 nitrogen and oxygen atoms in total. The standard InChI is InChI=1S/C51H57ClN8O10/c1-30(2)47(56(5)6)40(62)24-32(4)48(65)53-18-19-57(20-22-69-23-21-59-43(63)16-17-44(59)64)51(68)70-41-25-39-46(45-31(3)8-7-9-37(41)45)34(26-52)27-60(39)50(67)38-29-58-28-35(12-15-42(58)55-38)54-49(66)33-10-13-36(61)14-11-33/h7-17,25,28-30,32,34,47,61H,18-24,26-27H2,1-6H3,(H,53,65)(H,54,66)/t32-,34-,47+/m1/s1. The second-order valence-corrected chi connectivity index (χ2v) is 18.3. The van der Waals surface area contributed by atoms with Crippen molar-refractivity contribution in [1.29, 1.82) is 0 Å². The van der Waals surface area contributed by atoms with Crippen molar-refractivity contribution in [2.24, 2.45) is 11.8 Å². The van der Waals surface area contributed by atoms with Gasteiger partial charge in [0.2, 0.25) is 5.91 Å². The highest BCUT2D eigenvalue weighted by molar-refractivity contribution is 6.19. The van der Waals surface area contributed by atoms with Crippen molar-refractivity contribution in [2.45, 2.75) is 46.1 Å². The normalized spacial score (nSPS) is 15.2. The minimum absolute atomic E-state index is 0.00128. The van der Waals surface area contributed by atoms with Gasteiger partial charge in [0.1, 0.15) is 22.8 Å². The van der Waals surface area contributed by atoms with Crippen LogP contribution in [-0.4, -0.2) is 143 Å². The zero-order valence-corrected chi connectivity index (χ0v) is 40.7. The number of nitrogens with zero attached hydrogens (tertiary/aromatic N) is 6. The van der Waals surface area contributed by atoms with Gasteiger partial charge in [-0.25, -0.2) is 9.78 Å². The van der Waals surface area contributed by atoms with Gasteiger partial charge in [0.25, 0.3) is 23.6 Å². The lowest BCUT2D eigenvalue weighted by Gasteiger charge is -2.27. The zero-order valence-electron chi connectivity index (χ0n) is 39.9. The number of carbonyl (C=O) groups is 7. The number of hydrogen-bond acceptors (Lipinski definition) is 12. The summed E-state index contributed by atoms with van der Waals surface area (Å²) in [6.07, 6.45) is 4.84. The number of ether oxygens (including phenoxy) is 2. The number of rotatable bonds is 20. The van der Waals surface area contributed by atoms with E-state index in [1.54, 1.807) is 46.8 Å². The number of amides is 6. The Hall–Kier alpha value is -7.15. The number of fused-ring (bicyclic) bond motifs is 4. The molecule has 0 bridgehead atoms. The number of imidazole rings is 1. The molecule has 3 atom stereocenters. The fourth-order valence-electron chi connectivity index (χ4n) is 9.01. The fourth-order valence-corrected chi connectivity index (χ4v) is 9.26. The van der Waals surface area contributed by atoms with Gasteiger partial charge in [-0.2, -0.15) is 0 Å². The number of anilines is 2. The molecule has 2 aromatic heterocycles. The van der Waals surface area contributed by atoms with Crippen molar-refractivity contribution in [3.8, 4) is 11.5 Å². The Labute approximate surface area is 410 Å². The number of nitrogens with one attached hydrogen (secondary N) is 2. The number of carbonyl (C=O) groups excluding carboxylic acids is 7. The Morgan fingerprint density at radius 3 is 2.36 bits per heavy atom. The van der Waals surface area contributed by atoms with E-state index < -0.39 is 35.6 Å². The number of Topliss-reactive ketones (excluding diaryl/α,β-unsaturated/α-hetero) is 1. The summed E-state index contributed by atoms with van der Waals surface area (Å²) in [7, 11) is 3.66. The lowest BCUT2D eigenvalue weighted by Crippen LogP contribution is -2.44. The zero-order chi connectivity index (χ0) is 50.4. The topological polar surface area (TPSA) is 212 Å². The van der Waals surface area contributed by atoms with Crippen LogP contribution in [0.5, 0.6) is 11.5 Å². The Bertz CT molecular complexity index is 2840. The lowest BCUT2D eigenvalue weighted by molar-refractivity contribution is -0.137. The monoisotopic (exact) mass is 976 g/mol. The number of likely N-dealkylation sites (N-methyl/N-ethyl adjacent to an activating group) is 1. The maximum absolute atomic E-state index is 14.5. The molecule has 0 spiro atoms. The number of ketones is 1. The molecule has 2 aliphatic rings. The highest BCUT2D eigenvalue weighted by atomic mass is 35.5. The summed E-state index contributed by atoms with van der Waals surface area (Å²) in [5, 5.41) is 16.7. The highest BCUT2D eigenvalue weighted by Gasteiger charge is 2.37. The third-order valence-corrected chi connectivity index (χ3v) is 12.8. The van der Waals surface area contributed by atoms with Crippen LogP contribution in [0.4, 0.5) is 16.2 Å². The predicted molar refractivity (Wildman–Crippen MR) is 263 cm³/mol. The van der Waals surface area contributed by atoms with Crippen LogP contribution in [0.25, 0.3) is 16.4 Å². The van der Waals surface area contributed by atoms with Crippen LogP contribution >= 0.6 is 11.6 Å². The first kappa shape index (κ1) is 50.7. The van der Waals surface area contributed by atoms with E-state index in [2.05, 4.69) is 15.6 Å². The number of pyridine rings is 1. The van der Waals surface area contributed by atoms with Crippen LogP contribution in [0.1, 0.15) is 65.1 Å². The Kier molecular flexibility index (Phi) is 16.0. The van der Waals surface area contributed by atoms with E-state index >= 15 is 0 Å². The molecule has 0 fully saturated rings. The summed E-state index contributed by atoms with van der Waals surface area (Å²) in [5.74, 6) is -2.58. The van der Waals surface area contributed by atoms with Gasteiger partial charge in [0.15, 0.2) is 5.78 Å². The smallest absolute Gasteiger partial charge is 0.415 e. The van der Waals surface area contributed by atoms with Crippen molar-refractivity contribution in [1.82, 2.24) is 29.4 Å². The third-order valence-electron chi connectivity index (χ3n) is 12.4. The molecule has 7 rings (SSSR count). The molecule has 368 valence electrons. The van der Waals surface area contributed by atoms with E-state index in [9.17, 15) is 38.7 Å². The number of phenols is 1. The molecule has 0 radical (unpaired) electrons. The molecule has 5 aromatic rings. The lowest BCUT2D eigenvalue weighted by atomic mass is 9.92. The molecule has 3 N–H and O–H groups in total. The molecule has 0 saturated carbocycles. The SMILES string of the molecule is Cc1cccc2c(OC(=O)N(CCNC(=O)[C@H](C)CC(=O)[C@H](C(C)C)N(C)C)CCOCCN3C(=O)C=CC3=O)cc3c(c12)[C@H](CCl)CN3C(=O)c1cn2cc(NC(=O)c3ccc(O)cc3)ccc2n1. The van der Waals surface area contributed by atoms with Crippen LogP contribution in [0.15, 0.2) is 85.2 Å². The predicted octanol–water partition coefficient (Wildman–Crippen LogP) is 5.78. The molecule has 0 unspecified atom stereocenters. The first-order valence-electron chi connectivity index (χ1n) is 23.0. The van der Waals surface area contributed by atoms with Gasteiger partial charge in [0, 0.05) is 91.9 Å². The van der Waals surface area contributed by atoms with Crippen molar-refractivity contribution < 1.29 is 48.1 Å². The van der Waals surface area contributed by atoms with Crippen molar-refractivity contribution in [3.05, 3.63) is 108 Å². The van der Waals surface area contributed by atoms with Gasteiger partial charge in [-0.1, -0.05) is 39.0 Å². The molecule has 0 aliphatic carbocycles. The molecule has 0 saturated heterocycles. The summed E-state index contributed by atoms with van der Waals surface area (Å²) < 4.78 is 13.6. The number of imide groups is 1. The second-order valence-electron chi connectivity index (χ2n) is 18.0. The van der Waals surface area contributed by atoms with Gasteiger partial charge in [-0.05, 0) is 79.8 Å². The first-order chi connectivity index (χ1) is 33.4. The number of benzene rings is 3. The van der Waals surface area contributed by atoms with E-state index in [1.807, 2.05) is 58.0 Å². The van der Waals surface area contributed by atoms with Crippen LogP contribution in [-0.2, 0) is 23.9 Å². The van der Waals surface area contributed by atoms with Crippen molar-refractivity contribution >= 4 is 80.8 Å². The quantitative estimate of drug-likeness (QED) is 0.0482. The van der Waals surface area contributed by atoms with Crippen molar-refractivity contribution in [3.63, 3.8) is 0 Å². The summed E-state index contributed by atoms with van der Waals surface area (Å²) >= 11 is 6.62. The van der Waals surface area contributed by atoms with E-state index in [0.717, 1.165) is 21.4 Å². The third kappa shape index (κ3) is 11.3. The van der Waals surface area contributed by atoms with Crippen molar-refractivity contribution in [2.75, 3.05) is 76.1 Å². The van der Waals surface area contributed by atoms with Gasteiger partial charge >= 0.3 is 6.09 Å². The van der Waals surface area contributed by atoms with E-state index in [4.69, 9.17) is 21.1 Å². The summed E-state index contributed by atoms with van der Waals surface area (Å²) in [6.45, 7) is 7.77. The van der Waals surface area contributed by atoms with Crippen LogP contribution in [0.2, 0.25) is 0 Å².